The molecule has 0 fully saturated rings. The van der Waals surface area contributed by atoms with Crippen molar-refractivity contribution >= 4 is 67.2 Å². The lowest BCUT2D eigenvalue weighted by molar-refractivity contribution is 0.0508. The molecule has 1 amide bonds. The summed E-state index contributed by atoms with van der Waals surface area (Å²) in [7, 11) is 0. The summed E-state index contributed by atoms with van der Waals surface area (Å²) < 4.78 is 7.84. The molecule has 18 heteroatoms. The molecule has 0 aliphatic rings. The maximum Gasteiger partial charge on any atom is 0.378 e. The quantitative estimate of drug-likeness (QED) is 0.142. The van der Waals surface area contributed by atoms with Crippen LogP contribution in [0.5, 0.6) is 0 Å². The third-order valence-electron chi connectivity index (χ3n) is 7.36. The van der Waals surface area contributed by atoms with Crippen molar-refractivity contribution in [2.75, 3.05) is 19.7 Å². The van der Waals surface area contributed by atoms with Gasteiger partial charge in [-0.1, -0.05) is 26.0 Å². The van der Waals surface area contributed by atoms with Crippen LogP contribution < -0.4 is 11.1 Å². The number of rotatable bonds is 4. The number of halogens is 2. The maximum absolute atomic E-state index is 11.8. The van der Waals surface area contributed by atoms with Gasteiger partial charge in [0.15, 0.2) is 16.4 Å². The number of nitrogens with two attached hydrogens (primary N) is 1. The number of aryl methyl sites for hydroxylation is 5. The first-order valence-electron chi connectivity index (χ1n) is 15.2. The number of nitrogens with zero attached hydrogens (tertiary/aromatic N) is 10. The Bertz CT molecular complexity index is 1750. The fraction of sp³-hybridized carbons (Fsp3) is 0.500. The van der Waals surface area contributed by atoms with Crippen molar-refractivity contribution in [2.24, 2.45) is 5.73 Å². The SMILES string of the molecule is C.CCN.CCNC(=O)c1nnc2c(C)c(C)c(C)nn12.CCOC(=O)c1nnc2c(C)c(C)c(C)nn12.Cc1nnc(Cl)c(C)c1C.I.[B]. The zero-order valence-electron chi connectivity index (χ0n) is 30.3. The molecule has 0 unspecified atom stereocenters. The van der Waals surface area contributed by atoms with E-state index in [0.29, 0.717) is 29.6 Å². The van der Waals surface area contributed by atoms with Gasteiger partial charge in [0.05, 0.1) is 23.7 Å². The van der Waals surface area contributed by atoms with Crippen LogP contribution in [0.4, 0.5) is 0 Å². The number of esters is 1. The number of hydrogen-bond acceptors (Lipinski definition) is 12. The lowest BCUT2D eigenvalue weighted by atomic mass is 10.1. The average Bonchev–Trinajstić information content (AvgIpc) is 3.66. The van der Waals surface area contributed by atoms with Gasteiger partial charge in [0.1, 0.15) is 0 Å². The van der Waals surface area contributed by atoms with E-state index < -0.39 is 5.97 Å². The summed E-state index contributed by atoms with van der Waals surface area (Å²) in [4.78, 5) is 23.4. The second kappa shape index (κ2) is 22.1. The van der Waals surface area contributed by atoms with E-state index in [2.05, 4.69) is 46.1 Å². The molecule has 0 aliphatic heterocycles. The Morgan fingerprint density at radius 2 is 1.10 bits per heavy atom. The number of amides is 1. The zero-order chi connectivity index (χ0) is 35.6. The minimum Gasteiger partial charge on any atom is -0.460 e. The maximum atomic E-state index is 11.8. The van der Waals surface area contributed by atoms with E-state index in [9.17, 15) is 9.59 Å². The van der Waals surface area contributed by atoms with E-state index in [1.165, 1.54) is 9.03 Å². The smallest absolute Gasteiger partial charge is 0.378 e. The van der Waals surface area contributed by atoms with E-state index in [4.69, 9.17) is 22.1 Å². The highest BCUT2D eigenvalue weighted by atomic mass is 127. The predicted molar refractivity (Wildman–Crippen MR) is 208 cm³/mol. The van der Waals surface area contributed by atoms with Crippen LogP contribution in [0, 0.1) is 62.3 Å². The molecule has 3 N–H and O–H groups in total. The highest BCUT2D eigenvalue weighted by Crippen LogP contribution is 2.17. The van der Waals surface area contributed by atoms with Crippen molar-refractivity contribution in [3.05, 3.63) is 67.3 Å². The highest BCUT2D eigenvalue weighted by Gasteiger charge is 2.19. The molecule has 0 atom stereocenters. The zero-order valence-corrected chi connectivity index (χ0v) is 33.3. The van der Waals surface area contributed by atoms with Crippen LogP contribution in [0.3, 0.4) is 0 Å². The molecule has 273 valence electrons. The number of ether oxygens (including phenoxy) is 1. The summed E-state index contributed by atoms with van der Waals surface area (Å²) in [5.41, 5.74) is 15.0. The Balaban J connectivity index is 0. The molecule has 15 nitrogen and oxygen atoms in total. The molecule has 0 aromatic carbocycles. The normalized spacial score (nSPS) is 9.72. The number of carbonyl (C=O) groups is 2. The molecular weight excluding hydrogens is 774 g/mol. The van der Waals surface area contributed by atoms with Crippen molar-refractivity contribution < 1.29 is 14.3 Å². The van der Waals surface area contributed by atoms with Crippen molar-refractivity contribution in [1.82, 2.24) is 55.1 Å². The summed E-state index contributed by atoms with van der Waals surface area (Å²) >= 11 is 5.71. The Labute approximate surface area is 318 Å². The number of hydrogen-bond donors (Lipinski definition) is 2. The molecule has 5 aromatic rings. The lowest BCUT2D eigenvalue weighted by Crippen LogP contribution is -2.25. The van der Waals surface area contributed by atoms with Crippen LogP contribution in [0.2, 0.25) is 5.15 Å². The molecule has 0 aliphatic carbocycles. The topological polar surface area (TPSA) is 193 Å². The molecule has 5 aromatic heterocycles. The van der Waals surface area contributed by atoms with E-state index in [-0.39, 0.29) is 57.4 Å². The Morgan fingerprint density at radius 3 is 1.52 bits per heavy atom. The van der Waals surface area contributed by atoms with Gasteiger partial charge in [-0.15, -0.1) is 49.5 Å². The first kappa shape index (κ1) is 48.3. The fourth-order valence-corrected chi connectivity index (χ4v) is 4.12. The summed E-state index contributed by atoms with van der Waals surface area (Å²) in [5.74, 6) is -0.411. The summed E-state index contributed by atoms with van der Waals surface area (Å²) in [6.45, 7) is 24.6. The highest BCUT2D eigenvalue weighted by molar-refractivity contribution is 14.0. The molecule has 5 heterocycles. The standard InChI is InChI=1S/C11H15N5O.C11H14N4O2.C7H9ClN2.C2H7N.CH4.B.HI/c1-5-12-11(17)10-14-13-9-7(3)6(2)8(4)15-16(9)10;1-5-17-11(16)10-13-12-9-7(3)6(2)8(4)14-15(9)10;1-4-5(2)7(8)10-9-6(4)3;1-2-3;;;/h5H2,1-4H3,(H,12,17);5H2,1-4H3;1-3H3;2-3H2,1H3;1H4;;1H. The van der Waals surface area contributed by atoms with Crippen molar-refractivity contribution in [1.29, 1.82) is 0 Å². The number of carbonyl (C=O) groups excluding carboxylic acids is 2. The van der Waals surface area contributed by atoms with Gasteiger partial charge in [-0.25, -0.2) is 4.79 Å². The third kappa shape index (κ3) is 11.3. The van der Waals surface area contributed by atoms with Crippen LogP contribution in [-0.4, -0.2) is 89.8 Å². The first-order chi connectivity index (χ1) is 22.2. The average molecular weight is 824 g/mol. The Morgan fingerprint density at radius 1 is 0.680 bits per heavy atom. The minimum absolute atomic E-state index is 0. The van der Waals surface area contributed by atoms with Crippen LogP contribution in [0.15, 0.2) is 0 Å². The monoisotopic (exact) mass is 823 g/mol. The minimum atomic E-state index is -0.504. The van der Waals surface area contributed by atoms with Crippen molar-refractivity contribution in [3.8, 4) is 0 Å². The molecule has 3 radical (unpaired) electrons. The number of aromatic nitrogens is 10. The summed E-state index contributed by atoms with van der Waals surface area (Å²) in [6, 6.07) is 0. The second-order valence-electron chi connectivity index (χ2n) is 10.5. The first-order valence-corrected chi connectivity index (χ1v) is 15.5. The summed E-state index contributed by atoms with van der Waals surface area (Å²) in [6.07, 6.45) is 0. The molecule has 5 rings (SSSR count). The van der Waals surface area contributed by atoms with E-state index >= 15 is 0 Å². The van der Waals surface area contributed by atoms with Gasteiger partial charge in [-0.3, -0.25) is 4.79 Å². The van der Waals surface area contributed by atoms with Crippen LogP contribution in [0.1, 0.15) is 99.9 Å². The summed E-state index contributed by atoms with van der Waals surface area (Å²) in [5, 5.41) is 35.1. The molecule has 0 saturated carbocycles. The fourth-order valence-electron chi connectivity index (χ4n) is 3.94. The van der Waals surface area contributed by atoms with Gasteiger partial charge in [-0.2, -0.15) is 24.3 Å². The molecular formula is C32H50BClIN12O3. The molecule has 0 spiro atoms. The largest absolute Gasteiger partial charge is 0.460 e. The van der Waals surface area contributed by atoms with Gasteiger partial charge in [0.25, 0.3) is 11.7 Å². The van der Waals surface area contributed by atoms with E-state index in [1.54, 1.807) is 6.92 Å². The van der Waals surface area contributed by atoms with Gasteiger partial charge < -0.3 is 15.8 Å². The van der Waals surface area contributed by atoms with Crippen LogP contribution >= 0.6 is 35.6 Å². The van der Waals surface area contributed by atoms with Gasteiger partial charge >= 0.3 is 5.97 Å². The van der Waals surface area contributed by atoms with Crippen molar-refractivity contribution in [3.63, 3.8) is 0 Å². The Kier molecular flexibility index (Phi) is 21.3. The van der Waals surface area contributed by atoms with E-state index in [0.717, 1.165) is 57.0 Å². The number of fused-ring (bicyclic) bond motifs is 2. The molecule has 50 heavy (non-hydrogen) atoms. The third-order valence-corrected chi connectivity index (χ3v) is 7.72. The Hall–Kier alpha value is -3.84. The van der Waals surface area contributed by atoms with Gasteiger partial charge in [0.2, 0.25) is 5.82 Å². The van der Waals surface area contributed by atoms with E-state index in [1.807, 2.05) is 76.2 Å². The lowest BCUT2D eigenvalue weighted by Gasteiger charge is -2.06. The van der Waals surface area contributed by atoms with Gasteiger partial charge in [0, 0.05) is 26.1 Å². The van der Waals surface area contributed by atoms with Crippen molar-refractivity contribution in [2.45, 2.75) is 90.5 Å². The van der Waals surface area contributed by atoms with Crippen LogP contribution in [-0.2, 0) is 4.74 Å². The second-order valence-corrected chi connectivity index (χ2v) is 10.9. The van der Waals surface area contributed by atoms with Gasteiger partial charge in [-0.05, 0) is 105 Å². The predicted octanol–water partition coefficient (Wildman–Crippen LogP) is 4.92. The molecule has 0 saturated heterocycles. The molecule has 0 bridgehead atoms. The van der Waals surface area contributed by atoms with Crippen LogP contribution in [0.25, 0.3) is 11.3 Å². The number of nitrogens with one attached hydrogen (secondary N) is 1.